The van der Waals surface area contributed by atoms with Crippen LogP contribution < -0.4 is 10.6 Å². The van der Waals surface area contributed by atoms with Crippen LogP contribution in [0.15, 0.2) is 41.1 Å². The lowest BCUT2D eigenvalue weighted by Gasteiger charge is -2.20. The lowest BCUT2D eigenvalue weighted by atomic mass is 9.86. The van der Waals surface area contributed by atoms with Crippen LogP contribution in [0, 0.1) is 0 Å². The zero-order chi connectivity index (χ0) is 19.3. The molecule has 0 saturated carbocycles. The number of carbonyl (C=O) groups is 2. The Balaban J connectivity index is 1.88. The number of rotatable bonds is 6. The van der Waals surface area contributed by atoms with Crippen molar-refractivity contribution in [1.29, 1.82) is 0 Å². The van der Waals surface area contributed by atoms with Crippen LogP contribution in [0.1, 0.15) is 56.1 Å². The van der Waals surface area contributed by atoms with Gasteiger partial charge in [-0.15, -0.1) is 0 Å². The monoisotopic (exact) mass is 372 g/mol. The van der Waals surface area contributed by atoms with Crippen molar-refractivity contribution in [3.05, 3.63) is 57.8 Å². The van der Waals surface area contributed by atoms with Crippen molar-refractivity contribution in [3.63, 3.8) is 0 Å². The molecule has 0 bridgehead atoms. The van der Waals surface area contributed by atoms with E-state index in [2.05, 4.69) is 42.9 Å². The molecule has 2 unspecified atom stereocenters. The van der Waals surface area contributed by atoms with E-state index in [1.165, 1.54) is 11.1 Å². The van der Waals surface area contributed by atoms with E-state index >= 15 is 0 Å². The van der Waals surface area contributed by atoms with Crippen molar-refractivity contribution < 1.29 is 9.59 Å². The number of amides is 2. The van der Waals surface area contributed by atoms with Gasteiger partial charge in [0.15, 0.2) is 0 Å². The van der Waals surface area contributed by atoms with E-state index in [0.717, 1.165) is 6.42 Å². The normalized spacial score (nSPS) is 13.7. The van der Waals surface area contributed by atoms with Gasteiger partial charge in [0, 0.05) is 11.6 Å². The predicted octanol–water partition coefficient (Wildman–Crippen LogP) is 3.91. The Morgan fingerprint density at radius 2 is 1.69 bits per heavy atom. The Hall–Kier alpha value is -2.14. The quantitative estimate of drug-likeness (QED) is 0.808. The minimum Gasteiger partial charge on any atom is -0.352 e. The van der Waals surface area contributed by atoms with Crippen molar-refractivity contribution in [2.75, 3.05) is 0 Å². The summed E-state index contributed by atoms with van der Waals surface area (Å²) in [5, 5.41) is 9.83. The van der Waals surface area contributed by atoms with Crippen LogP contribution in [0.2, 0.25) is 0 Å². The van der Waals surface area contributed by atoms with Gasteiger partial charge < -0.3 is 10.6 Å². The van der Waals surface area contributed by atoms with Gasteiger partial charge in [0.2, 0.25) is 5.91 Å². The van der Waals surface area contributed by atoms with Crippen molar-refractivity contribution in [1.82, 2.24) is 10.6 Å². The van der Waals surface area contributed by atoms with Crippen molar-refractivity contribution in [3.8, 4) is 0 Å². The summed E-state index contributed by atoms with van der Waals surface area (Å²) < 4.78 is 0. The van der Waals surface area contributed by atoms with Gasteiger partial charge in [-0.25, -0.2) is 0 Å². The van der Waals surface area contributed by atoms with Crippen molar-refractivity contribution in [2.24, 2.45) is 0 Å². The van der Waals surface area contributed by atoms with E-state index in [1.54, 1.807) is 30.4 Å². The van der Waals surface area contributed by atoms with Gasteiger partial charge in [-0.1, -0.05) is 32.9 Å². The molecule has 26 heavy (non-hydrogen) atoms. The minimum atomic E-state index is -0.588. The Morgan fingerprint density at radius 3 is 2.23 bits per heavy atom. The first-order valence-corrected chi connectivity index (χ1v) is 9.84. The maximum Gasteiger partial charge on any atom is 0.251 e. The fourth-order valence-electron chi connectivity index (χ4n) is 2.65. The number of hydrogen-bond acceptors (Lipinski definition) is 3. The number of nitrogens with one attached hydrogen (secondary N) is 2. The highest BCUT2D eigenvalue weighted by molar-refractivity contribution is 7.07. The molecular weight excluding hydrogens is 344 g/mol. The van der Waals surface area contributed by atoms with Crippen molar-refractivity contribution in [2.45, 2.75) is 58.5 Å². The standard InChI is InChI=1S/C21H28N2O2S/c1-14(12-16-10-11-26-13-16)22-19(24)15(2)23-20(25)17-6-8-18(9-7-17)21(3,4)5/h6-11,13-15H,12H2,1-5H3,(H,22,24)(H,23,25). The highest BCUT2D eigenvalue weighted by atomic mass is 32.1. The Morgan fingerprint density at radius 1 is 1.04 bits per heavy atom. The molecule has 0 aliphatic carbocycles. The molecule has 1 aromatic carbocycles. The van der Waals surface area contributed by atoms with Crippen LogP contribution >= 0.6 is 11.3 Å². The van der Waals surface area contributed by atoms with Gasteiger partial charge >= 0.3 is 0 Å². The second kappa shape index (κ2) is 8.49. The van der Waals surface area contributed by atoms with Crippen LogP contribution in [0.25, 0.3) is 0 Å². The fraction of sp³-hybridized carbons (Fsp3) is 0.429. The molecule has 2 rings (SSSR count). The molecule has 0 spiro atoms. The molecule has 140 valence electrons. The van der Waals surface area contributed by atoms with Crippen LogP contribution in [0.5, 0.6) is 0 Å². The third-order valence-corrected chi connectivity index (χ3v) is 5.00. The number of thiophene rings is 1. The third kappa shape index (κ3) is 5.70. The average Bonchev–Trinajstić information content (AvgIpc) is 3.06. The van der Waals surface area contributed by atoms with E-state index in [-0.39, 0.29) is 23.3 Å². The van der Waals surface area contributed by atoms with Gasteiger partial charge in [-0.3, -0.25) is 9.59 Å². The lowest BCUT2D eigenvalue weighted by molar-refractivity contribution is -0.123. The summed E-state index contributed by atoms with van der Waals surface area (Å²) >= 11 is 1.65. The average molecular weight is 373 g/mol. The van der Waals surface area contributed by atoms with Crippen molar-refractivity contribution >= 4 is 23.2 Å². The van der Waals surface area contributed by atoms with E-state index in [1.807, 2.05) is 24.4 Å². The molecule has 5 heteroatoms. The highest BCUT2D eigenvalue weighted by Crippen LogP contribution is 2.22. The van der Waals surface area contributed by atoms with E-state index in [9.17, 15) is 9.59 Å². The summed E-state index contributed by atoms with van der Waals surface area (Å²) in [5.74, 6) is -0.411. The van der Waals surface area contributed by atoms with Gasteiger partial charge in [0.1, 0.15) is 6.04 Å². The molecule has 0 fully saturated rings. The van der Waals surface area contributed by atoms with E-state index in [0.29, 0.717) is 5.56 Å². The number of benzene rings is 1. The number of carbonyl (C=O) groups excluding carboxylic acids is 2. The maximum atomic E-state index is 12.4. The largest absolute Gasteiger partial charge is 0.352 e. The summed E-state index contributed by atoms with van der Waals surface area (Å²) in [4.78, 5) is 24.7. The summed E-state index contributed by atoms with van der Waals surface area (Å²) in [7, 11) is 0. The van der Waals surface area contributed by atoms with Gasteiger partial charge in [-0.05, 0) is 65.8 Å². The second-order valence-corrected chi connectivity index (χ2v) is 8.55. The smallest absolute Gasteiger partial charge is 0.251 e. The Labute approximate surface area is 160 Å². The molecule has 2 aromatic rings. The highest BCUT2D eigenvalue weighted by Gasteiger charge is 2.19. The van der Waals surface area contributed by atoms with E-state index in [4.69, 9.17) is 0 Å². The SMILES string of the molecule is CC(Cc1ccsc1)NC(=O)C(C)NC(=O)c1ccc(C(C)(C)C)cc1. The summed E-state index contributed by atoms with van der Waals surface area (Å²) in [6, 6.07) is 9.02. The summed E-state index contributed by atoms with van der Waals surface area (Å²) in [6.07, 6.45) is 0.782. The maximum absolute atomic E-state index is 12.4. The lowest BCUT2D eigenvalue weighted by Crippen LogP contribution is -2.47. The Kier molecular flexibility index (Phi) is 6.59. The van der Waals surface area contributed by atoms with Gasteiger partial charge in [-0.2, -0.15) is 11.3 Å². The van der Waals surface area contributed by atoms with Crippen LogP contribution in [-0.4, -0.2) is 23.9 Å². The van der Waals surface area contributed by atoms with Gasteiger partial charge in [0.05, 0.1) is 0 Å². The topological polar surface area (TPSA) is 58.2 Å². The fourth-order valence-corrected chi connectivity index (χ4v) is 3.33. The molecule has 0 saturated heterocycles. The molecule has 2 N–H and O–H groups in total. The Bertz CT molecular complexity index is 730. The minimum absolute atomic E-state index is 0.0162. The molecular formula is C21H28N2O2S. The number of hydrogen-bond donors (Lipinski definition) is 2. The zero-order valence-electron chi connectivity index (χ0n) is 16.1. The summed E-state index contributed by atoms with van der Waals surface area (Å²) in [5.41, 5.74) is 2.98. The molecule has 2 amide bonds. The molecule has 2 atom stereocenters. The molecule has 0 aliphatic heterocycles. The molecule has 0 aliphatic rings. The van der Waals surface area contributed by atoms with Crippen LogP contribution in [0.3, 0.4) is 0 Å². The zero-order valence-corrected chi connectivity index (χ0v) is 16.9. The molecule has 1 aromatic heterocycles. The third-order valence-electron chi connectivity index (χ3n) is 4.26. The molecule has 4 nitrogen and oxygen atoms in total. The summed E-state index contributed by atoms with van der Waals surface area (Å²) in [6.45, 7) is 10.1. The molecule has 0 radical (unpaired) electrons. The van der Waals surface area contributed by atoms with Crippen LogP contribution in [-0.2, 0) is 16.6 Å². The van der Waals surface area contributed by atoms with E-state index < -0.39 is 6.04 Å². The second-order valence-electron chi connectivity index (χ2n) is 7.77. The first kappa shape index (κ1) is 20.2. The first-order valence-electron chi connectivity index (χ1n) is 8.89. The molecule has 1 heterocycles. The predicted molar refractivity (Wildman–Crippen MR) is 108 cm³/mol. The first-order chi connectivity index (χ1) is 12.2. The van der Waals surface area contributed by atoms with Crippen LogP contribution in [0.4, 0.5) is 0 Å². The van der Waals surface area contributed by atoms with Gasteiger partial charge in [0.25, 0.3) is 5.91 Å².